The van der Waals surface area contributed by atoms with Crippen LogP contribution in [0.1, 0.15) is 39.8 Å². The molecule has 0 aliphatic heterocycles. The van der Waals surface area contributed by atoms with Crippen LogP contribution in [-0.4, -0.2) is 28.3 Å². The summed E-state index contributed by atoms with van der Waals surface area (Å²) in [5.41, 5.74) is -2.24. The maximum absolute atomic E-state index is 14.0. The van der Waals surface area contributed by atoms with Gasteiger partial charge in [-0.1, -0.05) is 19.1 Å². The Hall–Kier alpha value is -3.69. The Morgan fingerprint density at radius 1 is 1.10 bits per heavy atom. The van der Waals surface area contributed by atoms with Crippen molar-refractivity contribution in [2.45, 2.75) is 19.5 Å². The fourth-order valence-corrected chi connectivity index (χ4v) is 2.76. The van der Waals surface area contributed by atoms with Crippen molar-refractivity contribution < 1.29 is 31.9 Å². The molecule has 0 saturated heterocycles. The highest BCUT2D eigenvalue weighted by molar-refractivity contribution is 6.05. The first kappa shape index (κ1) is 22.0. The minimum absolute atomic E-state index is 0.156. The van der Waals surface area contributed by atoms with Gasteiger partial charge in [0.2, 0.25) is 0 Å². The average molecular weight is 435 g/mol. The van der Waals surface area contributed by atoms with Gasteiger partial charge in [0.25, 0.3) is 5.91 Å². The van der Waals surface area contributed by atoms with Crippen LogP contribution in [0.2, 0.25) is 0 Å². The first-order valence-corrected chi connectivity index (χ1v) is 9.21. The zero-order chi connectivity index (χ0) is 22.6. The third-order valence-corrected chi connectivity index (χ3v) is 4.18. The van der Waals surface area contributed by atoms with Gasteiger partial charge in [0, 0.05) is 5.69 Å². The Bertz CT molecular complexity index is 1090. The van der Waals surface area contributed by atoms with Crippen LogP contribution in [0.4, 0.5) is 23.2 Å². The number of nitrogens with zero attached hydrogens (tertiary/aromatic N) is 2. The second-order valence-corrected chi connectivity index (χ2v) is 6.44. The number of aromatic nitrogens is 2. The molecule has 31 heavy (non-hydrogen) atoms. The van der Waals surface area contributed by atoms with E-state index in [1.807, 2.05) is 6.92 Å². The third kappa shape index (κ3) is 4.90. The number of amides is 1. The number of esters is 1. The summed E-state index contributed by atoms with van der Waals surface area (Å²) >= 11 is 0. The predicted molar refractivity (Wildman–Crippen MR) is 103 cm³/mol. The Morgan fingerprint density at radius 3 is 2.39 bits per heavy atom. The maximum atomic E-state index is 14.0. The third-order valence-electron chi connectivity index (χ3n) is 4.18. The van der Waals surface area contributed by atoms with Crippen molar-refractivity contribution in [1.29, 1.82) is 0 Å². The zero-order valence-electron chi connectivity index (χ0n) is 16.2. The van der Waals surface area contributed by atoms with E-state index in [9.17, 15) is 27.2 Å². The summed E-state index contributed by atoms with van der Waals surface area (Å²) < 4.78 is 60.4. The van der Waals surface area contributed by atoms with Crippen molar-refractivity contribution >= 4 is 17.6 Å². The van der Waals surface area contributed by atoms with E-state index in [0.717, 1.165) is 18.3 Å². The molecule has 2 aromatic carbocycles. The van der Waals surface area contributed by atoms with E-state index in [4.69, 9.17) is 4.74 Å². The second-order valence-electron chi connectivity index (χ2n) is 6.44. The van der Waals surface area contributed by atoms with Crippen molar-refractivity contribution in [3.63, 3.8) is 0 Å². The molecule has 0 atom stereocenters. The molecular weight excluding hydrogens is 418 g/mol. The van der Waals surface area contributed by atoms with E-state index >= 15 is 0 Å². The van der Waals surface area contributed by atoms with Crippen LogP contribution in [0, 0.1) is 5.82 Å². The number of halogens is 4. The van der Waals surface area contributed by atoms with Crippen molar-refractivity contribution in [3.05, 3.63) is 77.4 Å². The number of anilines is 1. The number of hydrogen-bond acceptors (Lipinski definition) is 4. The molecule has 0 radical (unpaired) electrons. The minimum Gasteiger partial charge on any atom is -0.462 e. The van der Waals surface area contributed by atoms with Gasteiger partial charge in [0.05, 0.1) is 23.9 Å². The van der Waals surface area contributed by atoms with Gasteiger partial charge in [-0.25, -0.2) is 13.9 Å². The maximum Gasteiger partial charge on any atom is 0.434 e. The monoisotopic (exact) mass is 435 g/mol. The van der Waals surface area contributed by atoms with Gasteiger partial charge in [-0.15, -0.1) is 0 Å². The fourth-order valence-electron chi connectivity index (χ4n) is 2.76. The van der Waals surface area contributed by atoms with Crippen molar-refractivity contribution in [2.24, 2.45) is 0 Å². The standard InChI is InChI=1S/C21H17F4N3O3/c1-2-11-31-20(30)13-7-9-14(10-8-13)27-19(29)15-12-26-28(18(15)21(23,24)25)17-6-4-3-5-16(17)22/h3-10,12H,2,11H2,1H3,(H,27,29). The van der Waals surface area contributed by atoms with Crippen LogP contribution in [-0.2, 0) is 10.9 Å². The molecule has 1 heterocycles. The zero-order valence-corrected chi connectivity index (χ0v) is 16.2. The molecule has 6 nitrogen and oxygen atoms in total. The molecular formula is C21H17F4N3O3. The van der Waals surface area contributed by atoms with Gasteiger partial charge in [-0.3, -0.25) is 4.79 Å². The van der Waals surface area contributed by atoms with E-state index in [-0.39, 0.29) is 17.9 Å². The summed E-state index contributed by atoms with van der Waals surface area (Å²) in [4.78, 5) is 24.3. The minimum atomic E-state index is -4.97. The Labute approximate surface area is 174 Å². The summed E-state index contributed by atoms with van der Waals surface area (Å²) in [7, 11) is 0. The second kappa shape index (κ2) is 8.99. The highest BCUT2D eigenvalue weighted by atomic mass is 19.4. The van der Waals surface area contributed by atoms with Gasteiger partial charge in [0.15, 0.2) is 5.69 Å². The Morgan fingerprint density at radius 2 is 1.77 bits per heavy atom. The van der Waals surface area contributed by atoms with Gasteiger partial charge < -0.3 is 10.1 Å². The lowest BCUT2D eigenvalue weighted by Crippen LogP contribution is -2.21. The molecule has 1 amide bonds. The normalized spacial score (nSPS) is 11.3. The van der Waals surface area contributed by atoms with Crippen molar-refractivity contribution in [2.75, 3.05) is 11.9 Å². The number of benzene rings is 2. The molecule has 162 valence electrons. The molecule has 0 fully saturated rings. The number of hydrogen-bond donors (Lipinski definition) is 1. The van der Waals surface area contributed by atoms with Gasteiger partial charge >= 0.3 is 12.1 Å². The van der Waals surface area contributed by atoms with Gasteiger partial charge in [-0.05, 0) is 42.8 Å². The molecule has 0 spiro atoms. The van der Waals surface area contributed by atoms with Crippen LogP contribution in [0.3, 0.4) is 0 Å². The number of alkyl halides is 3. The van der Waals surface area contributed by atoms with Crippen LogP contribution < -0.4 is 5.32 Å². The average Bonchev–Trinajstić information content (AvgIpc) is 3.18. The Balaban J connectivity index is 1.87. The lowest BCUT2D eigenvalue weighted by atomic mass is 10.2. The lowest BCUT2D eigenvalue weighted by molar-refractivity contribution is -0.143. The lowest BCUT2D eigenvalue weighted by Gasteiger charge is -2.13. The van der Waals surface area contributed by atoms with E-state index in [0.29, 0.717) is 11.1 Å². The van der Waals surface area contributed by atoms with Crippen LogP contribution in [0.25, 0.3) is 5.69 Å². The summed E-state index contributed by atoms with van der Waals surface area (Å²) in [5.74, 6) is -2.56. The van der Waals surface area contributed by atoms with E-state index in [1.54, 1.807) is 0 Å². The smallest absolute Gasteiger partial charge is 0.434 e. The number of para-hydroxylation sites is 1. The number of ether oxygens (including phenoxy) is 1. The fraction of sp³-hybridized carbons (Fsp3) is 0.190. The number of carbonyl (C=O) groups excluding carboxylic acids is 2. The molecule has 0 unspecified atom stereocenters. The van der Waals surface area contributed by atoms with Crippen LogP contribution in [0.5, 0.6) is 0 Å². The largest absolute Gasteiger partial charge is 0.462 e. The van der Waals surface area contributed by atoms with E-state index < -0.39 is 40.8 Å². The first-order valence-electron chi connectivity index (χ1n) is 9.21. The number of nitrogens with one attached hydrogen (secondary N) is 1. The predicted octanol–water partition coefficient (Wildman–Crippen LogP) is 4.85. The molecule has 3 aromatic rings. The van der Waals surface area contributed by atoms with E-state index in [1.165, 1.54) is 36.4 Å². The van der Waals surface area contributed by atoms with Gasteiger partial charge in [-0.2, -0.15) is 18.3 Å². The molecule has 3 rings (SSSR count). The molecule has 10 heteroatoms. The summed E-state index contributed by atoms with van der Waals surface area (Å²) in [6, 6.07) is 10.3. The highest BCUT2D eigenvalue weighted by Gasteiger charge is 2.41. The van der Waals surface area contributed by atoms with Crippen molar-refractivity contribution in [1.82, 2.24) is 9.78 Å². The first-order chi connectivity index (χ1) is 14.7. The van der Waals surface area contributed by atoms with Crippen molar-refractivity contribution in [3.8, 4) is 5.69 Å². The van der Waals surface area contributed by atoms with Crippen LogP contribution >= 0.6 is 0 Å². The molecule has 1 N–H and O–H groups in total. The van der Waals surface area contributed by atoms with E-state index in [2.05, 4.69) is 10.4 Å². The topological polar surface area (TPSA) is 73.2 Å². The summed E-state index contributed by atoms with van der Waals surface area (Å²) in [5, 5.41) is 5.90. The quantitative estimate of drug-likeness (QED) is 0.444. The molecule has 1 aromatic heterocycles. The summed E-state index contributed by atoms with van der Waals surface area (Å²) in [6.45, 7) is 2.10. The van der Waals surface area contributed by atoms with Gasteiger partial charge in [0.1, 0.15) is 11.5 Å². The molecule has 0 bridgehead atoms. The number of carbonyl (C=O) groups is 2. The number of rotatable bonds is 6. The Kier molecular flexibility index (Phi) is 6.38. The highest BCUT2D eigenvalue weighted by Crippen LogP contribution is 2.34. The SMILES string of the molecule is CCCOC(=O)c1ccc(NC(=O)c2cnn(-c3ccccc3F)c2C(F)(F)F)cc1. The molecule has 0 saturated carbocycles. The molecule has 0 aliphatic carbocycles. The summed E-state index contributed by atoms with van der Waals surface area (Å²) in [6.07, 6.45) is -3.60. The van der Waals surface area contributed by atoms with Crippen LogP contribution in [0.15, 0.2) is 54.7 Å². The molecule has 0 aliphatic rings.